The third-order valence-corrected chi connectivity index (χ3v) is 3.62. The highest BCUT2D eigenvalue weighted by Gasteiger charge is 2.00. The van der Waals surface area contributed by atoms with E-state index in [1.54, 1.807) is 0 Å². The molecule has 1 rings (SSSR count). The average Bonchev–Trinajstić information content (AvgIpc) is 2.56. The summed E-state index contributed by atoms with van der Waals surface area (Å²) in [7, 11) is 0. The number of aliphatic imine (C=N–C) groups is 1. The molecule has 0 aromatic heterocycles. The fraction of sp³-hybridized carbons (Fsp3) is 0.611. The van der Waals surface area contributed by atoms with E-state index >= 15 is 0 Å². The first-order valence-corrected chi connectivity index (χ1v) is 8.53. The molecule has 0 saturated heterocycles. The highest BCUT2D eigenvalue weighted by atomic mass is 16.5. The van der Waals surface area contributed by atoms with Crippen LogP contribution in [-0.4, -0.2) is 43.6 Å². The van der Waals surface area contributed by atoms with Gasteiger partial charge in [-0.05, 0) is 36.7 Å². The van der Waals surface area contributed by atoms with Crippen molar-refractivity contribution in [1.82, 2.24) is 10.2 Å². The van der Waals surface area contributed by atoms with Gasteiger partial charge in [0.15, 0.2) is 5.96 Å². The lowest BCUT2D eigenvalue weighted by Gasteiger charge is -2.18. The number of likely N-dealkylation sites (N-methyl/N-ethyl adjacent to an activating group) is 1. The molecular formula is C18H32N4O. The van der Waals surface area contributed by atoms with Gasteiger partial charge in [-0.3, -0.25) is 0 Å². The van der Waals surface area contributed by atoms with Gasteiger partial charge in [0, 0.05) is 13.1 Å². The largest absolute Gasteiger partial charge is 0.492 e. The van der Waals surface area contributed by atoms with E-state index in [0.717, 1.165) is 37.5 Å². The van der Waals surface area contributed by atoms with Crippen LogP contribution in [-0.2, 0) is 6.54 Å². The van der Waals surface area contributed by atoms with Gasteiger partial charge in [-0.25, -0.2) is 4.99 Å². The van der Waals surface area contributed by atoms with Crippen LogP contribution < -0.4 is 15.8 Å². The molecule has 130 valence electrons. The predicted octanol–water partition coefficient (Wildman–Crippen LogP) is 2.47. The Kier molecular flexibility index (Phi) is 9.14. The van der Waals surface area contributed by atoms with Crippen molar-refractivity contribution in [2.45, 2.75) is 34.2 Å². The first-order chi connectivity index (χ1) is 11.0. The van der Waals surface area contributed by atoms with Gasteiger partial charge in [-0.15, -0.1) is 0 Å². The van der Waals surface area contributed by atoms with Crippen molar-refractivity contribution in [2.75, 3.05) is 32.8 Å². The van der Waals surface area contributed by atoms with E-state index in [1.807, 2.05) is 24.3 Å². The summed E-state index contributed by atoms with van der Waals surface area (Å²) < 4.78 is 5.77. The van der Waals surface area contributed by atoms with Crippen LogP contribution >= 0.6 is 0 Å². The fourth-order valence-corrected chi connectivity index (χ4v) is 2.06. The van der Waals surface area contributed by atoms with Crippen molar-refractivity contribution >= 4 is 5.96 Å². The molecule has 0 bridgehead atoms. The molecule has 1 aromatic rings. The number of ether oxygens (including phenoxy) is 1. The zero-order chi connectivity index (χ0) is 17.1. The topological polar surface area (TPSA) is 62.9 Å². The van der Waals surface area contributed by atoms with Gasteiger partial charge in [0.1, 0.15) is 12.4 Å². The first-order valence-electron chi connectivity index (χ1n) is 8.53. The molecule has 0 radical (unpaired) electrons. The fourth-order valence-electron chi connectivity index (χ4n) is 2.06. The van der Waals surface area contributed by atoms with Crippen LogP contribution in [0.3, 0.4) is 0 Å². The van der Waals surface area contributed by atoms with E-state index in [9.17, 15) is 0 Å². The van der Waals surface area contributed by atoms with E-state index in [4.69, 9.17) is 10.5 Å². The number of guanidine groups is 1. The third kappa shape index (κ3) is 8.45. The number of rotatable bonds is 10. The summed E-state index contributed by atoms with van der Waals surface area (Å²) in [4.78, 5) is 6.68. The Bertz CT molecular complexity index is 453. The van der Waals surface area contributed by atoms with Crippen LogP contribution in [0.2, 0.25) is 0 Å². The van der Waals surface area contributed by atoms with Crippen molar-refractivity contribution in [1.29, 1.82) is 0 Å². The molecular weight excluding hydrogens is 288 g/mol. The van der Waals surface area contributed by atoms with E-state index < -0.39 is 0 Å². The van der Waals surface area contributed by atoms with Gasteiger partial charge < -0.3 is 20.7 Å². The summed E-state index contributed by atoms with van der Waals surface area (Å²) in [5.41, 5.74) is 6.95. The number of nitrogens with one attached hydrogen (secondary N) is 1. The summed E-state index contributed by atoms with van der Waals surface area (Å²) in [5.74, 6) is 1.95. The first kappa shape index (κ1) is 19.3. The summed E-state index contributed by atoms with van der Waals surface area (Å²) in [5, 5.41) is 3.11. The summed E-state index contributed by atoms with van der Waals surface area (Å²) in [6, 6.07) is 8.05. The number of nitrogens with zero attached hydrogens (tertiary/aromatic N) is 2. The van der Waals surface area contributed by atoms with Crippen LogP contribution in [0.5, 0.6) is 5.75 Å². The van der Waals surface area contributed by atoms with Crippen LogP contribution in [0.1, 0.15) is 33.3 Å². The number of nitrogens with two attached hydrogens (primary N) is 1. The summed E-state index contributed by atoms with van der Waals surface area (Å²) in [6.45, 7) is 13.8. The van der Waals surface area contributed by atoms with Gasteiger partial charge in [0.05, 0.1) is 6.54 Å². The molecule has 0 aliphatic rings. The number of hydrogen-bond donors (Lipinski definition) is 2. The van der Waals surface area contributed by atoms with Crippen molar-refractivity contribution in [2.24, 2.45) is 16.6 Å². The Morgan fingerprint density at radius 3 is 2.43 bits per heavy atom. The highest BCUT2D eigenvalue weighted by molar-refractivity contribution is 5.77. The van der Waals surface area contributed by atoms with Crippen molar-refractivity contribution in [3.05, 3.63) is 29.8 Å². The van der Waals surface area contributed by atoms with E-state index in [1.165, 1.54) is 0 Å². The van der Waals surface area contributed by atoms with Gasteiger partial charge in [0.25, 0.3) is 0 Å². The molecule has 3 N–H and O–H groups in total. The van der Waals surface area contributed by atoms with Crippen LogP contribution in [0.15, 0.2) is 29.3 Å². The molecule has 0 saturated carbocycles. The lowest BCUT2D eigenvalue weighted by Crippen LogP contribution is -2.34. The molecule has 0 fully saturated rings. The van der Waals surface area contributed by atoms with Crippen LogP contribution in [0.4, 0.5) is 0 Å². The molecule has 0 aliphatic heterocycles. The molecule has 5 heteroatoms. The maximum absolute atomic E-state index is 5.83. The smallest absolute Gasteiger partial charge is 0.188 e. The van der Waals surface area contributed by atoms with Crippen LogP contribution in [0.25, 0.3) is 0 Å². The van der Waals surface area contributed by atoms with Crippen LogP contribution in [0, 0.1) is 5.92 Å². The maximum atomic E-state index is 5.83. The predicted molar refractivity (Wildman–Crippen MR) is 97.9 cm³/mol. The van der Waals surface area contributed by atoms with Crippen molar-refractivity contribution in [3.8, 4) is 5.75 Å². The van der Waals surface area contributed by atoms with E-state index in [2.05, 4.69) is 42.9 Å². The molecule has 5 nitrogen and oxygen atoms in total. The molecule has 0 aliphatic carbocycles. The van der Waals surface area contributed by atoms with Gasteiger partial charge in [-0.1, -0.05) is 39.8 Å². The second-order valence-electron chi connectivity index (χ2n) is 6.00. The zero-order valence-electron chi connectivity index (χ0n) is 15.0. The van der Waals surface area contributed by atoms with E-state index in [0.29, 0.717) is 25.0 Å². The molecule has 23 heavy (non-hydrogen) atoms. The molecule has 1 aromatic carbocycles. The molecule has 0 amide bonds. The average molecular weight is 320 g/mol. The van der Waals surface area contributed by atoms with Crippen molar-refractivity contribution < 1.29 is 4.74 Å². The molecule has 0 heterocycles. The Labute approximate surface area is 140 Å². The Morgan fingerprint density at radius 2 is 1.87 bits per heavy atom. The molecule has 0 spiro atoms. The standard InChI is InChI=1S/C18H32N4O/c1-5-22(6-2)11-12-23-17-9-7-16(8-10-17)14-21-18(19)20-13-15(3)4/h7-10,15H,5-6,11-14H2,1-4H3,(H3,19,20,21). The second kappa shape index (κ2) is 10.9. The summed E-state index contributed by atoms with van der Waals surface area (Å²) in [6.07, 6.45) is 0. The highest BCUT2D eigenvalue weighted by Crippen LogP contribution is 2.12. The van der Waals surface area contributed by atoms with Gasteiger partial charge >= 0.3 is 0 Å². The molecule has 0 atom stereocenters. The Hall–Kier alpha value is -1.75. The quantitative estimate of drug-likeness (QED) is 0.513. The minimum Gasteiger partial charge on any atom is -0.492 e. The minimum atomic E-state index is 0.498. The lowest BCUT2D eigenvalue weighted by molar-refractivity contribution is 0.223. The molecule has 0 unspecified atom stereocenters. The summed E-state index contributed by atoms with van der Waals surface area (Å²) >= 11 is 0. The lowest BCUT2D eigenvalue weighted by atomic mass is 10.2. The Morgan fingerprint density at radius 1 is 1.22 bits per heavy atom. The van der Waals surface area contributed by atoms with Gasteiger partial charge in [0.2, 0.25) is 0 Å². The minimum absolute atomic E-state index is 0.498. The number of benzene rings is 1. The SMILES string of the molecule is CCN(CC)CCOc1ccc(CN=C(N)NCC(C)C)cc1. The Balaban J connectivity index is 2.37. The normalized spacial score (nSPS) is 12.0. The monoisotopic (exact) mass is 320 g/mol. The van der Waals surface area contributed by atoms with Gasteiger partial charge in [-0.2, -0.15) is 0 Å². The number of hydrogen-bond acceptors (Lipinski definition) is 3. The van der Waals surface area contributed by atoms with Crippen molar-refractivity contribution in [3.63, 3.8) is 0 Å². The zero-order valence-corrected chi connectivity index (χ0v) is 15.0. The maximum Gasteiger partial charge on any atom is 0.188 e. The van der Waals surface area contributed by atoms with E-state index in [-0.39, 0.29) is 0 Å². The second-order valence-corrected chi connectivity index (χ2v) is 6.00. The third-order valence-electron chi connectivity index (χ3n) is 3.62.